The lowest BCUT2D eigenvalue weighted by Crippen LogP contribution is -2.46. The third kappa shape index (κ3) is 5.45. The van der Waals surface area contributed by atoms with Gasteiger partial charge in [-0.2, -0.15) is 0 Å². The maximum atomic E-state index is 13.0. The minimum atomic E-state index is -0.627. The molecular formula is C26H40O6. The molecule has 180 valence electrons. The van der Waals surface area contributed by atoms with E-state index in [-0.39, 0.29) is 54.4 Å². The number of carbonyl (C=O) groups excluding carboxylic acids is 2. The van der Waals surface area contributed by atoms with Crippen molar-refractivity contribution < 1.29 is 28.9 Å². The Morgan fingerprint density at radius 1 is 1.28 bits per heavy atom. The fourth-order valence-corrected chi connectivity index (χ4v) is 5.39. The molecule has 1 heterocycles. The summed E-state index contributed by atoms with van der Waals surface area (Å²) in [6.07, 6.45) is 6.78. The van der Waals surface area contributed by atoms with E-state index in [1.165, 1.54) is 11.1 Å². The molecule has 1 N–H and O–H groups in total. The number of hydrogen-bond donors (Lipinski definition) is 1. The topological polar surface area (TPSA) is 82.1 Å². The van der Waals surface area contributed by atoms with Crippen molar-refractivity contribution in [1.29, 1.82) is 0 Å². The summed E-state index contributed by atoms with van der Waals surface area (Å²) in [6, 6.07) is 0. The predicted octanol–water partition coefficient (Wildman–Crippen LogP) is 4.35. The molecule has 1 aliphatic heterocycles. The Kier molecular flexibility index (Phi) is 7.87. The average Bonchev–Trinajstić information content (AvgIpc) is 2.72. The van der Waals surface area contributed by atoms with Gasteiger partial charge in [0.25, 0.3) is 0 Å². The zero-order valence-electron chi connectivity index (χ0n) is 20.4. The number of allylic oxidation sites excluding steroid dienone is 1. The number of methoxy groups -OCH3 is 1. The summed E-state index contributed by atoms with van der Waals surface area (Å²) in [4.78, 5) is 24.7. The summed E-state index contributed by atoms with van der Waals surface area (Å²) < 4.78 is 17.5. The largest absolute Gasteiger partial charge is 0.462 e. The van der Waals surface area contributed by atoms with E-state index in [2.05, 4.69) is 26.0 Å². The van der Waals surface area contributed by atoms with Gasteiger partial charge in [0, 0.05) is 25.9 Å². The Balaban J connectivity index is 1.84. The van der Waals surface area contributed by atoms with Crippen LogP contribution >= 0.6 is 0 Å². The number of hydrogen-bond acceptors (Lipinski definition) is 6. The summed E-state index contributed by atoms with van der Waals surface area (Å²) in [6.45, 7) is 10.1. The number of aliphatic hydroxyl groups excluding tert-OH is 1. The van der Waals surface area contributed by atoms with E-state index in [0.717, 1.165) is 19.3 Å². The second-order valence-electron chi connectivity index (χ2n) is 10.6. The van der Waals surface area contributed by atoms with Crippen molar-refractivity contribution in [3.63, 3.8) is 0 Å². The van der Waals surface area contributed by atoms with E-state index in [9.17, 15) is 14.7 Å². The zero-order valence-corrected chi connectivity index (χ0v) is 20.4. The fourth-order valence-electron chi connectivity index (χ4n) is 5.39. The molecule has 0 bridgehead atoms. The molecule has 6 nitrogen and oxygen atoms in total. The molecule has 0 spiro atoms. The number of esters is 2. The van der Waals surface area contributed by atoms with Gasteiger partial charge in [0.15, 0.2) is 0 Å². The molecule has 0 unspecified atom stereocenters. The molecule has 32 heavy (non-hydrogen) atoms. The highest BCUT2D eigenvalue weighted by molar-refractivity contribution is 5.76. The molecule has 0 aromatic carbocycles. The van der Waals surface area contributed by atoms with Crippen molar-refractivity contribution in [2.45, 2.75) is 97.6 Å². The molecule has 1 saturated heterocycles. The third-order valence-corrected chi connectivity index (χ3v) is 7.76. The van der Waals surface area contributed by atoms with Crippen molar-refractivity contribution in [3.05, 3.63) is 23.3 Å². The number of aliphatic hydroxyl groups is 1. The van der Waals surface area contributed by atoms with Crippen molar-refractivity contribution in [2.24, 2.45) is 23.2 Å². The average molecular weight is 449 g/mol. The highest BCUT2D eigenvalue weighted by Crippen LogP contribution is 2.47. The molecule has 6 heteroatoms. The normalized spacial score (nSPS) is 35.3. The van der Waals surface area contributed by atoms with Crippen molar-refractivity contribution >= 4 is 11.9 Å². The van der Waals surface area contributed by atoms with Gasteiger partial charge in [0.2, 0.25) is 0 Å². The van der Waals surface area contributed by atoms with E-state index < -0.39 is 11.5 Å². The number of fused-ring (bicyclic) bond motifs is 1. The first kappa shape index (κ1) is 25.0. The van der Waals surface area contributed by atoms with Crippen molar-refractivity contribution in [1.82, 2.24) is 0 Å². The van der Waals surface area contributed by atoms with Crippen LogP contribution in [0.4, 0.5) is 0 Å². The molecule has 0 aromatic rings. The van der Waals surface area contributed by atoms with E-state index >= 15 is 0 Å². The van der Waals surface area contributed by atoms with Crippen LogP contribution in [-0.2, 0) is 23.8 Å². The van der Waals surface area contributed by atoms with Gasteiger partial charge in [-0.15, -0.1) is 0 Å². The maximum Gasteiger partial charge on any atom is 0.311 e. The van der Waals surface area contributed by atoms with Gasteiger partial charge in [0.1, 0.15) is 12.2 Å². The summed E-state index contributed by atoms with van der Waals surface area (Å²) in [5, 5.41) is 9.98. The van der Waals surface area contributed by atoms with Gasteiger partial charge in [-0.25, -0.2) is 0 Å². The maximum absolute atomic E-state index is 13.0. The molecule has 0 radical (unpaired) electrons. The van der Waals surface area contributed by atoms with Crippen LogP contribution in [0.3, 0.4) is 0 Å². The standard InChI is InChI=1S/C26H40O6/c1-7-26(4,5)25(29)32-22-11-15(2)10-17-12-21(30-6)16(3)20(24(17)22)9-8-19-13-18(27)14-23(28)31-19/h10,12,16,18-22,24,27H,7-9,11,13-14H2,1-6H3/t16-,18-,19-,20+,21-,22+,24+/m1/s1. The minimum absolute atomic E-state index is 0.0173. The van der Waals surface area contributed by atoms with Crippen LogP contribution in [0.2, 0.25) is 0 Å². The van der Waals surface area contributed by atoms with E-state index in [4.69, 9.17) is 14.2 Å². The minimum Gasteiger partial charge on any atom is -0.462 e. The summed E-state index contributed by atoms with van der Waals surface area (Å²) >= 11 is 0. The van der Waals surface area contributed by atoms with Gasteiger partial charge >= 0.3 is 11.9 Å². The summed E-state index contributed by atoms with van der Waals surface area (Å²) in [5.74, 6) is 0.0463. The van der Waals surface area contributed by atoms with Crippen molar-refractivity contribution in [2.75, 3.05) is 7.11 Å². The first-order chi connectivity index (χ1) is 15.1. The highest BCUT2D eigenvalue weighted by Gasteiger charge is 2.45. The molecule has 2 aliphatic carbocycles. The SMILES string of the molecule is CCC(C)(C)C(=O)O[C@H]1CC(C)=CC2=C[C@@H](OC)[C@H](C)[C@H](CC[C@@H]3C[C@@H](O)CC(=O)O3)[C@H]21. The summed E-state index contributed by atoms with van der Waals surface area (Å²) in [7, 11) is 1.73. The van der Waals surface area contributed by atoms with Crippen molar-refractivity contribution in [3.8, 4) is 0 Å². The molecule has 0 aromatic heterocycles. The Bertz CT molecular complexity index is 766. The van der Waals surface area contributed by atoms with Crippen LogP contribution in [0.1, 0.15) is 73.1 Å². The first-order valence-corrected chi connectivity index (χ1v) is 12.1. The molecule has 3 rings (SSSR count). The molecule has 7 atom stereocenters. The number of rotatable bonds is 7. The fraction of sp³-hybridized carbons (Fsp3) is 0.769. The van der Waals surface area contributed by atoms with E-state index in [1.807, 2.05) is 20.8 Å². The zero-order chi connectivity index (χ0) is 23.6. The Morgan fingerprint density at radius 2 is 2.00 bits per heavy atom. The molecule has 1 fully saturated rings. The smallest absolute Gasteiger partial charge is 0.311 e. The van der Waals surface area contributed by atoms with Gasteiger partial charge < -0.3 is 19.3 Å². The van der Waals surface area contributed by atoms with Gasteiger partial charge in [-0.05, 0) is 57.4 Å². The van der Waals surface area contributed by atoms with Gasteiger partial charge in [-0.3, -0.25) is 9.59 Å². The molecule has 0 amide bonds. The quantitative estimate of drug-likeness (QED) is 0.583. The first-order valence-electron chi connectivity index (χ1n) is 12.1. The van der Waals surface area contributed by atoms with Gasteiger partial charge in [0.05, 0.1) is 24.0 Å². The van der Waals surface area contributed by atoms with Crippen LogP contribution in [0, 0.1) is 23.2 Å². The molecule has 3 aliphatic rings. The Labute approximate surface area is 192 Å². The lowest BCUT2D eigenvalue weighted by atomic mass is 9.64. The van der Waals surface area contributed by atoms with Crippen LogP contribution in [-0.4, -0.2) is 48.6 Å². The Morgan fingerprint density at radius 3 is 2.62 bits per heavy atom. The van der Waals surface area contributed by atoms with E-state index in [0.29, 0.717) is 12.8 Å². The lowest BCUT2D eigenvalue weighted by Gasteiger charge is -2.46. The number of ether oxygens (including phenoxy) is 3. The number of carbonyl (C=O) groups is 2. The monoisotopic (exact) mass is 448 g/mol. The third-order valence-electron chi connectivity index (χ3n) is 7.76. The molecule has 0 saturated carbocycles. The van der Waals surface area contributed by atoms with Crippen LogP contribution in [0.15, 0.2) is 23.3 Å². The number of cyclic esters (lactones) is 1. The second kappa shape index (κ2) is 10.1. The van der Waals surface area contributed by atoms with Crippen LogP contribution < -0.4 is 0 Å². The second-order valence-corrected chi connectivity index (χ2v) is 10.6. The van der Waals surface area contributed by atoms with Gasteiger partial charge in [-0.1, -0.05) is 31.6 Å². The predicted molar refractivity (Wildman–Crippen MR) is 122 cm³/mol. The summed E-state index contributed by atoms with van der Waals surface area (Å²) in [5.41, 5.74) is 1.86. The van der Waals surface area contributed by atoms with E-state index in [1.54, 1.807) is 7.11 Å². The Hall–Kier alpha value is -1.66. The molecular weight excluding hydrogens is 408 g/mol. The highest BCUT2D eigenvalue weighted by atomic mass is 16.6. The lowest BCUT2D eigenvalue weighted by molar-refractivity contribution is -0.165. The van der Waals surface area contributed by atoms with Crippen LogP contribution in [0.25, 0.3) is 0 Å². The van der Waals surface area contributed by atoms with Crippen LogP contribution in [0.5, 0.6) is 0 Å².